The van der Waals surface area contributed by atoms with E-state index in [9.17, 15) is 4.79 Å². The van der Waals surface area contributed by atoms with Crippen molar-refractivity contribution in [3.05, 3.63) is 0 Å². The first-order chi connectivity index (χ1) is 6.20. The van der Waals surface area contributed by atoms with Gasteiger partial charge in [0.05, 0.1) is 6.42 Å². The molecule has 0 saturated carbocycles. The number of rotatable bonds is 5. The summed E-state index contributed by atoms with van der Waals surface area (Å²) in [6, 6.07) is 0.605. The van der Waals surface area contributed by atoms with Gasteiger partial charge in [-0.15, -0.1) is 0 Å². The second-order valence-electron chi connectivity index (χ2n) is 3.62. The van der Waals surface area contributed by atoms with Gasteiger partial charge in [0.25, 0.3) is 0 Å². The lowest BCUT2D eigenvalue weighted by atomic mass is 10.2. The molecule has 13 heavy (non-hydrogen) atoms. The van der Waals surface area contributed by atoms with Crippen molar-refractivity contribution in [1.82, 2.24) is 10.2 Å². The van der Waals surface area contributed by atoms with Gasteiger partial charge in [0.15, 0.2) is 0 Å². The molecule has 1 aliphatic heterocycles. The molecule has 1 saturated heterocycles. The summed E-state index contributed by atoms with van der Waals surface area (Å²) in [6.07, 6.45) is 2.72. The molecule has 0 spiro atoms. The third-order valence-electron chi connectivity index (χ3n) is 2.57. The second-order valence-corrected chi connectivity index (χ2v) is 3.62. The van der Waals surface area contributed by atoms with Gasteiger partial charge in [0, 0.05) is 19.1 Å². The molecule has 4 heteroatoms. The Balaban J connectivity index is 2.02. The van der Waals surface area contributed by atoms with Crippen LogP contribution in [0.4, 0.5) is 0 Å². The molecule has 0 bridgehead atoms. The zero-order valence-electron chi connectivity index (χ0n) is 8.12. The molecule has 0 aromatic heterocycles. The van der Waals surface area contributed by atoms with Crippen molar-refractivity contribution in [2.75, 3.05) is 26.7 Å². The molecule has 1 rings (SSSR count). The van der Waals surface area contributed by atoms with Gasteiger partial charge in [-0.05, 0) is 26.4 Å². The van der Waals surface area contributed by atoms with Crippen molar-refractivity contribution in [3.8, 4) is 0 Å². The molecule has 1 heterocycles. The number of hydrogen-bond acceptors (Lipinski definition) is 3. The third kappa shape index (κ3) is 3.74. The van der Waals surface area contributed by atoms with Gasteiger partial charge in [0.1, 0.15) is 0 Å². The zero-order valence-corrected chi connectivity index (χ0v) is 8.12. The van der Waals surface area contributed by atoms with Crippen molar-refractivity contribution >= 4 is 5.97 Å². The maximum atomic E-state index is 10.2. The molecule has 0 aromatic carbocycles. The van der Waals surface area contributed by atoms with Gasteiger partial charge >= 0.3 is 5.97 Å². The number of aliphatic carboxylic acids is 1. The molecule has 0 aromatic rings. The van der Waals surface area contributed by atoms with Crippen LogP contribution in [-0.4, -0.2) is 48.7 Å². The lowest BCUT2D eigenvalue weighted by Gasteiger charge is -2.19. The highest BCUT2D eigenvalue weighted by molar-refractivity contribution is 5.66. The summed E-state index contributed by atoms with van der Waals surface area (Å²) in [6.45, 7) is 2.68. The molecule has 1 aliphatic rings. The SMILES string of the molecule is CN1CCCC1CNCCC(=O)O. The van der Waals surface area contributed by atoms with E-state index in [4.69, 9.17) is 5.11 Å². The van der Waals surface area contributed by atoms with Crippen LogP contribution in [0.25, 0.3) is 0 Å². The topological polar surface area (TPSA) is 52.6 Å². The van der Waals surface area contributed by atoms with E-state index in [0.717, 1.165) is 6.54 Å². The maximum Gasteiger partial charge on any atom is 0.304 e. The molecule has 1 unspecified atom stereocenters. The zero-order chi connectivity index (χ0) is 9.68. The van der Waals surface area contributed by atoms with E-state index in [1.807, 2.05) is 0 Å². The molecule has 2 N–H and O–H groups in total. The van der Waals surface area contributed by atoms with Gasteiger partial charge in [0.2, 0.25) is 0 Å². The lowest BCUT2D eigenvalue weighted by molar-refractivity contribution is -0.136. The number of likely N-dealkylation sites (tertiary alicyclic amines) is 1. The van der Waals surface area contributed by atoms with Crippen LogP contribution in [0.15, 0.2) is 0 Å². The number of carboxylic acid groups (broad SMARTS) is 1. The van der Waals surface area contributed by atoms with E-state index in [-0.39, 0.29) is 6.42 Å². The summed E-state index contributed by atoms with van der Waals surface area (Å²) >= 11 is 0. The molecule has 0 radical (unpaired) electrons. The van der Waals surface area contributed by atoms with Crippen LogP contribution in [-0.2, 0) is 4.79 Å². The Morgan fingerprint density at radius 2 is 2.46 bits per heavy atom. The van der Waals surface area contributed by atoms with Crippen LogP contribution in [0, 0.1) is 0 Å². The smallest absolute Gasteiger partial charge is 0.304 e. The number of carbonyl (C=O) groups is 1. The Labute approximate surface area is 78.9 Å². The summed E-state index contributed by atoms with van der Waals surface area (Å²) in [4.78, 5) is 12.5. The maximum absolute atomic E-state index is 10.2. The standard InChI is InChI=1S/C9H18N2O2/c1-11-6-2-3-8(11)7-10-5-4-9(12)13/h8,10H,2-7H2,1H3,(H,12,13). The molecular weight excluding hydrogens is 168 g/mol. The van der Waals surface area contributed by atoms with E-state index in [1.54, 1.807) is 0 Å². The van der Waals surface area contributed by atoms with E-state index in [0.29, 0.717) is 12.6 Å². The van der Waals surface area contributed by atoms with Crippen LogP contribution in [0.3, 0.4) is 0 Å². The van der Waals surface area contributed by atoms with Crippen molar-refractivity contribution < 1.29 is 9.90 Å². The summed E-state index contributed by atoms with van der Waals surface area (Å²) in [7, 11) is 2.12. The quantitative estimate of drug-likeness (QED) is 0.600. The van der Waals surface area contributed by atoms with Gasteiger partial charge in [-0.25, -0.2) is 0 Å². The van der Waals surface area contributed by atoms with Crippen molar-refractivity contribution in [2.45, 2.75) is 25.3 Å². The minimum atomic E-state index is -0.729. The number of hydrogen-bond donors (Lipinski definition) is 2. The fourth-order valence-electron chi connectivity index (χ4n) is 1.70. The predicted molar refractivity (Wildman–Crippen MR) is 50.8 cm³/mol. The molecule has 1 atom stereocenters. The number of nitrogens with one attached hydrogen (secondary N) is 1. The number of carboxylic acids is 1. The number of likely N-dealkylation sites (N-methyl/N-ethyl adjacent to an activating group) is 1. The third-order valence-corrected chi connectivity index (χ3v) is 2.57. The fraction of sp³-hybridized carbons (Fsp3) is 0.889. The lowest BCUT2D eigenvalue weighted by Crippen LogP contribution is -2.36. The van der Waals surface area contributed by atoms with Gasteiger partial charge in [-0.1, -0.05) is 0 Å². The Morgan fingerprint density at radius 1 is 1.69 bits per heavy atom. The Morgan fingerprint density at radius 3 is 3.00 bits per heavy atom. The summed E-state index contributed by atoms with van der Waals surface area (Å²) in [5.41, 5.74) is 0. The highest BCUT2D eigenvalue weighted by atomic mass is 16.4. The first-order valence-electron chi connectivity index (χ1n) is 4.83. The average Bonchev–Trinajstić information content (AvgIpc) is 2.45. The largest absolute Gasteiger partial charge is 0.481 e. The van der Waals surface area contributed by atoms with E-state index < -0.39 is 5.97 Å². The first-order valence-corrected chi connectivity index (χ1v) is 4.83. The first kappa shape index (κ1) is 10.5. The van der Waals surface area contributed by atoms with E-state index in [2.05, 4.69) is 17.3 Å². The van der Waals surface area contributed by atoms with Crippen LogP contribution in [0.5, 0.6) is 0 Å². The molecule has 4 nitrogen and oxygen atoms in total. The second kappa shape index (κ2) is 5.19. The monoisotopic (exact) mass is 186 g/mol. The normalized spacial score (nSPS) is 23.6. The van der Waals surface area contributed by atoms with E-state index >= 15 is 0 Å². The molecule has 76 valence electrons. The highest BCUT2D eigenvalue weighted by Crippen LogP contribution is 2.13. The summed E-state index contributed by atoms with van der Waals surface area (Å²) in [5.74, 6) is -0.729. The van der Waals surface area contributed by atoms with Gasteiger partial charge in [-0.2, -0.15) is 0 Å². The molecule has 0 amide bonds. The summed E-state index contributed by atoms with van der Waals surface area (Å²) < 4.78 is 0. The minimum Gasteiger partial charge on any atom is -0.481 e. The molecular formula is C9H18N2O2. The predicted octanol–water partition coefficient (Wildman–Crippen LogP) is 0.145. The van der Waals surface area contributed by atoms with Gasteiger partial charge < -0.3 is 15.3 Å². The van der Waals surface area contributed by atoms with Crippen LogP contribution >= 0.6 is 0 Å². The van der Waals surface area contributed by atoms with Crippen LogP contribution < -0.4 is 5.32 Å². The van der Waals surface area contributed by atoms with Gasteiger partial charge in [-0.3, -0.25) is 4.79 Å². The Kier molecular flexibility index (Phi) is 4.18. The van der Waals surface area contributed by atoms with Crippen molar-refractivity contribution in [1.29, 1.82) is 0 Å². The van der Waals surface area contributed by atoms with Crippen LogP contribution in [0.2, 0.25) is 0 Å². The van der Waals surface area contributed by atoms with Crippen LogP contribution in [0.1, 0.15) is 19.3 Å². The fourth-order valence-corrected chi connectivity index (χ4v) is 1.70. The average molecular weight is 186 g/mol. The van der Waals surface area contributed by atoms with Crippen molar-refractivity contribution in [3.63, 3.8) is 0 Å². The molecule has 0 aliphatic carbocycles. The molecule has 1 fully saturated rings. The van der Waals surface area contributed by atoms with E-state index in [1.165, 1.54) is 19.4 Å². The Bertz CT molecular complexity index is 173. The number of nitrogens with zero attached hydrogens (tertiary/aromatic N) is 1. The minimum absolute atomic E-state index is 0.219. The van der Waals surface area contributed by atoms with Crippen molar-refractivity contribution in [2.24, 2.45) is 0 Å². The Hall–Kier alpha value is -0.610. The highest BCUT2D eigenvalue weighted by Gasteiger charge is 2.19. The summed E-state index contributed by atoms with van der Waals surface area (Å²) in [5, 5.41) is 11.6.